The SMILES string of the molecule is CCC(SCCCO)C(=O)c1ccccc1. The molecule has 0 bridgehead atoms. The van der Waals surface area contributed by atoms with E-state index < -0.39 is 0 Å². The van der Waals surface area contributed by atoms with Crippen molar-refractivity contribution >= 4 is 17.5 Å². The minimum Gasteiger partial charge on any atom is -0.396 e. The highest BCUT2D eigenvalue weighted by atomic mass is 32.2. The Labute approximate surface area is 101 Å². The van der Waals surface area contributed by atoms with Gasteiger partial charge in [-0.15, -0.1) is 0 Å². The van der Waals surface area contributed by atoms with E-state index in [-0.39, 0.29) is 17.6 Å². The van der Waals surface area contributed by atoms with Crippen LogP contribution in [-0.4, -0.2) is 28.5 Å². The number of aliphatic hydroxyl groups is 1. The minimum absolute atomic E-state index is 0.0222. The first kappa shape index (κ1) is 13.3. The monoisotopic (exact) mass is 238 g/mol. The lowest BCUT2D eigenvalue weighted by molar-refractivity contribution is 0.0988. The van der Waals surface area contributed by atoms with Gasteiger partial charge in [0.2, 0.25) is 0 Å². The number of hydrogen-bond donors (Lipinski definition) is 1. The van der Waals surface area contributed by atoms with Crippen molar-refractivity contribution < 1.29 is 9.90 Å². The molecule has 1 aromatic carbocycles. The number of Topliss-reactive ketones (excluding diaryl/α,β-unsaturated/α-hetero) is 1. The Morgan fingerprint density at radius 3 is 2.62 bits per heavy atom. The van der Waals surface area contributed by atoms with Crippen LogP contribution in [0, 0.1) is 0 Å². The zero-order chi connectivity index (χ0) is 11.8. The van der Waals surface area contributed by atoms with E-state index in [9.17, 15) is 4.79 Å². The molecule has 0 aliphatic carbocycles. The summed E-state index contributed by atoms with van der Waals surface area (Å²) in [4.78, 5) is 12.1. The van der Waals surface area contributed by atoms with Gasteiger partial charge in [-0.3, -0.25) is 4.79 Å². The molecule has 0 aromatic heterocycles. The molecule has 2 nitrogen and oxygen atoms in total. The summed E-state index contributed by atoms with van der Waals surface area (Å²) in [6, 6.07) is 9.41. The van der Waals surface area contributed by atoms with Crippen molar-refractivity contribution in [3.63, 3.8) is 0 Å². The molecule has 1 N–H and O–H groups in total. The molecule has 0 saturated carbocycles. The average molecular weight is 238 g/mol. The van der Waals surface area contributed by atoms with Gasteiger partial charge in [0.05, 0.1) is 5.25 Å². The molecule has 1 rings (SSSR count). The molecule has 0 aliphatic rings. The summed E-state index contributed by atoms with van der Waals surface area (Å²) in [5.41, 5.74) is 0.783. The summed E-state index contributed by atoms with van der Waals surface area (Å²) in [6.07, 6.45) is 1.59. The number of hydrogen-bond acceptors (Lipinski definition) is 3. The van der Waals surface area contributed by atoms with E-state index in [4.69, 9.17) is 5.11 Å². The standard InChI is InChI=1S/C13H18O2S/c1-2-12(16-10-6-9-14)13(15)11-7-4-3-5-8-11/h3-5,7-8,12,14H,2,6,9-10H2,1H3. The van der Waals surface area contributed by atoms with Crippen LogP contribution in [0.4, 0.5) is 0 Å². The van der Waals surface area contributed by atoms with E-state index in [1.54, 1.807) is 11.8 Å². The van der Waals surface area contributed by atoms with E-state index >= 15 is 0 Å². The first-order valence-corrected chi connectivity index (χ1v) is 6.66. The second-order valence-corrected chi connectivity index (χ2v) is 4.89. The summed E-state index contributed by atoms with van der Waals surface area (Å²) < 4.78 is 0. The maximum absolute atomic E-state index is 12.1. The second-order valence-electron chi connectivity index (χ2n) is 3.58. The fourth-order valence-electron chi connectivity index (χ4n) is 1.46. The van der Waals surface area contributed by atoms with Crippen molar-refractivity contribution in [1.82, 2.24) is 0 Å². The van der Waals surface area contributed by atoms with Crippen LogP contribution in [0.3, 0.4) is 0 Å². The number of carbonyl (C=O) groups is 1. The van der Waals surface area contributed by atoms with Gasteiger partial charge in [-0.1, -0.05) is 37.3 Å². The quantitative estimate of drug-likeness (QED) is 0.586. The minimum atomic E-state index is 0.0222. The highest BCUT2D eigenvalue weighted by molar-refractivity contribution is 8.00. The molecule has 0 heterocycles. The van der Waals surface area contributed by atoms with Crippen molar-refractivity contribution in [2.75, 3.05) is 12.4 Å². The van der Waals surface area contributed by atoms with Gasteiger partial charge in [0.25, 0.3) is 0 Å². The normalized spacial score (nSPS) is 12.4. The Hall–Kier alpha value is -0.800. The van der Waals surface area contributed by atoms with Gasteiger partial charge in [0, 0.05) is 12.2 Å². The Morgan fingerprint density at radius 1 is 1.38 bits per heavy atom. The van der Waals surface area contributed by atoms with E-state index in [1.807, 2.05) is 37.3 Å². The predicted molar refractivity (Wildman–Crippen MR) is 69.0 cm³/mol. The summed E-state index contributed by atoms with van der Waals surface area (Å²) in [5, 5.41) is 8.73. The maximum Gasteiger partial charge on any atom is 0.175 e. The van der Waals surface area contributed by atoms with Crippen LogP contribution in [0.5, 0.6) is 0 Å². The Bertz CT molecular complexity index is 311. The Balaban J connectivity index is 2.56. The van der Waals surface area contributed by atoms with Gasteiger partial charge < -0.3 is 5.11 Å². The molecular weight excluding hydrogens is 220 g/mol. The summed E-state index contributed by atoms with van der Waals surface area (Å²) >= 11 is 1.64. The largest absolute Gasteiger partial charge is 0.396 e. The highest BCUT2D eigenvalue weighted by Crippen LogP contribution is 2.20. The second kappa shape index (κ2) is 7.47. The lowest BCUT2D eigenvalue weighted by atomic mass is 10.1. The van der Waals surface area contributed by atoms with Gasteiger partial charge >= 0.3 is 0 Å². The molecule has 0 saturated heterocycles. The van der Waals surface area contributed by atoms with E-state index in [1.165, 1.54) is 0 Å². The summed E-state index contributed by atoms with van der Waals surface area (Å²) in [6.45, 7) is 2.22. The number of aliphatic hydroxyl groups excluding tert-OH is 1. The fraction of sp³-hybridized carbons (Fsp3) is 0.462. The third-order valence-electron chi connectivity index (χ3n) is 2.34. The molecule has 1 aromatic rings. The molecule has 16 heavy (non-hydrogen) atoms. The fourth-order valence-corrected chi connectivity index (χ4v) is 2.56. The number of carbonyl (C=O) groups excluding carboxylic acids is 1. The average Bonchev–Trinajstić information content (AvgIpc) is 2.35. The van der Waals surface area contributed by atoms with Crippen molar-refractivity contribution in [2.45, 2.75) is 25.0 Å². The van der Waals surface area contributed by atoms with Gasteiger partial charge in [0.1, 0.15) is 0 Å². The third-order valence-corrected chi connectivity index (χ3v) is 3.82. The van der Waals surface area contributed by atoms with E-state index in [0.717, 1.165) is 24.2 Å². The number of benzene rings is 1. The van der Waals surface area contributed by atoms with Crippen LogP contribution in [0.15, 0.2) is 30.3 Å². The lowest BCUT2D eigenvalue weighted by Gasteiger charge is -2.12. The van der Waals surface area contributed by atoms with Crippen LogP contribution in [0.25, 0.3) is 0 Å². The molecule has 0 spiro atoms. The molecule has 0 fully saturated rings. The Morgan fingerprint density at radius 2 is 2.06 bits per heavy atom. The first-order chi connectivity index (χ1) is 7.79. The highest BCUT2D eigenvalue weighted by Gasteiger charge is 2.17. The molecule has 0 amide bonds. The molecule has 1 atom stereocenters. The van der Waals surface area contributed by atoms with E-state index in [2.05, 4.69) is 0 Å². The molecule has 88 valence electrons. The zero-order valence-corrected chi connectivity index (χ0v) is 10.4. The van der Waals surface area contributed by atoms with Gasteiger partial charge in [-0.05, 0) is 18.6 Å². The van der Waals surface area contributed by atoms with Crippen LogP contribution in [-0.2, 0) is 0 Å². The van der Waals surface area contributed by atoms with Gasteiger partial charge in [-0.2, -0.15) is 11.8 Å². The van der Waals surface area contributed by atoms with Crippen LogP contribution >= 0.6 is 11.8 Å². The smallest absolute Gasteiger partial charge is 0.175 e. The maximum atomic E-state index is 12.1. The number of rotatable bonds is 7. The molecule has 0 aliphatic heterocycles. The predicted octanol–water partition coefficient (Wildman–Crippen LogP) is 2.76. The summed E-state index contributed by atoms with van der Waals surface area (Å²) in [5.74, 6) is 1.04. The van der Waals surface area contributed by atoms with Gasteiger partial charge in [-0.25, -0.2) is 0 Å². The van der Waals surface area contributed by atoms with Crippen molar-refractivity contribution in [1.29, 1.82) is 0 Å². The topological polar surface area (TPSA) is 37.3 Å². The molecular formula is C13H18O2S. The van der Waals surface area contributed by atoms with Crippen LogP contribution < -0.4 is 0 Å². The van der Waals surface area contributed by atoms with Crippen LogP contribution in [0.2, 0.25) is 0 Å². The van der Waals surface area contributed by atoms with Crippen molar-refractivity contribution in [3.05, 3.63) is 35.9 Å². The molecule has 0 radical (unpaired) electrons. The van der Waals surface area contributed by atoms with Crippen molar-refractivity contribution in [3.8, 4) is 0 Å². The third kappa shape index (κ3) is 3.99. The van der Waals surface area contributed by atoms with Gasteiger partial charge in [0.15, 0.2) is 5.78 Å². The number of thioether (sulfide) groups is 1. The van der Waals surface area contributed by atoms with Crippen molar-refractivity contribution in [2.24, 2.45) is 0 Å². The van der Waals surface area contributed by atoms with E-state index in [0.29, 0.717) is 0 Å². The molecule has 1 unspecified atom stereocenters. The van der Waals surface area contributed by atoms with Crippen LogP contribution in [0.1, 0.15) is 30.1 Å². The lowest BCUT2D eigenvalue weighted by Crippen LogP contribution is -2.17. The first-order valence-electron chi connectivity index (χ1n) is 5.61. The Kier molecular flexibility index (Phi) is 6.19. The zero-order valence-electron chi connectivity index (χ0n) is 9.56. The number of ketones is 1. The summed E-state index contributed by atoms with van der Waals surface area (Å²) in [7, 11) is 0. The molecule has 3 heteroatoms.